The molecule has 178 valence electrons. The van der Waals surface area contributed by atoms with Crippen LogP contribution in [-0.2, 0) is 4.79 Å². The normalized spacial score (nSPS) is 14.8. The molecule has 4 rings (SSSR count). The van der Waals surface area contributed by atoms with Gasteiger partial charge in [-0.05, 0) is 98.9 Å². The summed E-state index contributed by atoms with van der Waals surface area (Å²) in [7, 11) is 0. The van der Waals surface area contributed by atoms with Crippen LogP contribution in [0.1, 0.15) is 31.4 Å². The highest BCUT2D eigenvalue weighted by Gasteiger charge is 2.49. The first-order valence-corrected chi connectivity index (χ1v) is 11.9. The van der Waals surface area contributed by atoms with Crippen LogP contribution >= 0.6 is 12.2 Å². The van der Waals surface area contributed by atoms with E-state index >= 15 is 0 Å². The van der Waals surface area contributed by atoms with Crippen molar-refractivity contribution < 1.29 is 9.53 Å². The lowest BCUT2D eigenvalue weighted by Crippen LogP contribution is -2.44. The molecule has 0 bridgehead atoms. The predicted octanol–water partition coefficient (Wildman–Crippen LogP) is 6.10. The first-order chi connectivity index (χ1) is 16.8. The molecule has 1 aromatic heterocycles. The number of thiocarbonyl (C=S) groups is 1. The fourth-order valence-corrected chi connectivity index (χ4v) is 4.78. The van der Waals surface area contributed by atoms with Crippen molar-refractivity contribution in [2.75, 3.05) is 18.1 Å². The van der Waals surface area contributed by atoms with Gasteiger partial charge in [0.05, 0.1) is 18.9 Å². The Balaban J connectivity index is 1.40. The van der Waals surface area contributed by atoms with Crippen LogP contribution in [0.5, 0.6) is 5.75 Å². The van der Waals surface area contributed by atoms with E-state index in [-0.39, 0.29) is 5.91 Å². The number of rotatable bonds is 7. The Morgan fingerprint density at radius 1 is 1.00 bits per heavy atom. The third-order valence-electron chi connectivity index (χ3n) is 6.58. The van der Waals surface area contributed by atoms with Gasteiger partial charge in [-0.15, -0.1) is 0 Å². The van der Waals surface area contributed by atoms with Crippen molar-refractivity contribution >= 4 is 34.6 Å². The Bertz CT molecular complexity index is 1300. The smallest absolute Gasteiger partial charge is 0.258 e. The maximum absolute atomic E-state index is 13.4. The summed E-state index contributed by atoms with van der Waals surface area (Å²) in [6.07, 6.45) is 4.27. The number of ether oxygens (including phenoxy) is 1. The number of hydrogen-bond donors (Lipinski definition) is 0. The second-order valence-electron chi connectivity index (χ2n) is 9.06. The highest BCUT2D eigenvalue weighted by Crippen LogP contribution is 2.37. The van der Waals surface area contributed by atoms with Gasteiger partial charge in [-0.3, -0.25) is 14.7 Å². The van der Waals surface area contributed by atoms with Crippen LogP contribution in [0.3, 0.4) is 0 Å². The summed E-state index contributed by atoms with van der Waals surface area (Å²) in [5.41, 5.74) is 4.55. The number of anilines is 1. The third kappa shape index (κ3) is 4.62. The first-order valence-electron chi connectivity index (χ1n) is 11.5. The maximum Gasteiger partial charge on any atom is 0.258 e. The van der Waals surface area contributed by atoms with Gasteiger partial charge in [0.2, 0.25) is 0 Å². The summed E-state index contributed by atoms with van der Waals surface area (Å²) in [5, 5.41) is 0.486. The van der Waals surface area contributed by atoms with Crippen molar-refractivity contribution in [3.05, 3.63) is 83.5 Å². The van der Waals surface area contributed by atoms with E-state index in [1.807, 2.05) is 75.1 Å². The summed E-state index contributed by atoms with van der Waals surface area (Å²) in [6.45, 7) is 16.1. The molecule has 0 unspecified atom stereocenters. The van der Waals surface area contributed by atoms with Gasteiger partial charge in [0.15, 0.2) is 10.8 Å². The van der Waals surface area contributed by atoms with E-state index < -0.39 is 5.54 Å². The molecule has 2 aromatic carbocycles. The van der Waals surface area contributed by atoms with Gasteiger partial charge in [0.25, 0.3) is 5.91 Å². The highest BCUT2D eigenvalue weighted by atomic mass is 32.1. The van der Waals surface area contributed by atoms with E-state index in [0.29, 0.717) is 30.4 Å². The van der Waals surface area contributed by atoms with Crippen LogP contribution in [0.4, 0.5) is 11.4 Å². The van der Waals surface area contributed by atoms with Crippen LogP contribution in [0.15, 0.2) is 60.9 Å². The molecule has 3 aromatic rings. The van der Waals surface area contributed by atoms with Crippen LogP contribution in [0, 0.1) is 20.4 Å². The Morgan fingerprint density at radius 2 is 1.66 bits per heavy atom. The van der Waals surface area contributed by atoms with E-state index in [1.165, 1.54) is 0 Å². The quantitative estimate of drug-likeness (QED) is 0.230. The second-order valence-corrected chi connectivity index (χ2v) is 9.43. The molecule has 0 radical (unpaired) electrons. The van der Waals surface area contributed by atoms with Crippen LogP contribution in [-0.4, -0.2) is 39.6 Å². The van der Waals surface area contributed by atoms with Crippen molar-refractivity contribution in [2.24, 2.45) is 0 Å². The number of aromatic nitrogens is 1. The number of benzene rings is 2. The predicted molar refractivity (Wildman–Crippen MR) is 143 cm³/mol. The maximum atomic E-state index is 13.4. The summed E-state index contributed by atoms with van der Waals surface area (Å²) >= 11 is 5.76. The Labute approximate surface area is 212 Å². The molecule has 1 aliphatic rings. The number of hydrogen-bond acceptors (Lipinski definition) is 4. The zero-order valence-electron chi connectivity index (χ0n) is 20.4. The molecule has 7 heteroatoms. The second kappa shape index (κ2) is 9.85. The molecule has 0 saturated carbocycles. The fraction of sp³-hybridized carbons (Fsp3) is 0.286. The summed E-state index contributed by atoms with van der Waals surface area (Å²) in [6, 6.07) is 15.5. The number of carbonyl (C=O) groups is 1. The number of nitrogens with zero attached hydrogens (tertiary/aromatic N) is 4. The lowest BCUT2D eigenvalue weighted by Gasteiger charge is -2.29. The van der Waals surface area contributed by atoms with Crippen LogP contribution in [0.25, 0.3) is 16.0 Å². The average molecular weight is 485 g/mol. The Hall–Kier alpha value is -3.76. The van der Waals surface area contributed by atoms with Gasteiger partial charge < -0.3 is 9.64 Å². The van der Waals surface area contributed by atoms with Crippen LogP contribution in [0.2, 0.25) is 0 Å². The standard InChI is InChI=1S/C28H28N4O2S/c1-19-20(2)25(12-11-24(19)29-5)32-26(33)28(3,4)31(27(32)35)17-6-18-34-23-9-7-21(8-10-23)22-13-15-30-16-14-22/h7-16H,6,17-18H2,1-4H3. The molecule has 0 aliphatic carbocycles. The fourth-order valence-electron chi connectivity index (χ4n) is 4.28. The van der Waals surface area contributed by atoms with Crippen LogP contribution < -0.4 is 9.64 Å². The van der Waals surface area contributed by atoms with E-state index in [2.05, 4.69) is 9.83 Å². The Morgan fingerprint density at radius 3 is 2.31 bits per heavy atom. The van der Waals surface area contributed by atoms with Gasteiger partial charge in [-0.25, -0.2) is 4.85 Å². The van der Waals surface area contributed by atoms with Crippen molar-refractivity contribution in [2.45, 2.75) is 39.7 Å². The monoisotopic (exact) mass is 484 g/mol. The minimum absolute atomic E-state index is 0.0619. The third-order valence-corrected chi connectivity index (χ3v) is 6.98. The van der Waals surface area contributed by atoms with Gasteiger partial charge in [-0.2, -0.15) is 0 Å². The van der Waals surface area contributed by atoms with Crippen molar-refractivity contribution in [1.29, 1.82) is 0 Å². The summed E-state index contributed by atoms with van der Waals surface area (Å²) < 4.78 is 5.95. The van der Waals surface area contributed by atoms with Gasteiger partial charge in [-0.1, -0.05) is 18.2 Å². The average Bonchev–Trinajstić information content (AvgIpc) is 3.03. The van der Waals surface area contributed by atoms with E-state index in [1.54, 1.807) is 23.4 Å². The molecule has 1 saturated heterocycles. The number of pyridine rings is 1. The number of carbonyl (C=O) groups excluding carboxylic acids is 1. The minimum Gasteiger partial charge on any atom is -0.494 e. The Kier molecular flexibility index (Phi) is 6.86. The lowest BCUT2D eigenvalue weighted by atomic mass is 10.0. The van der Waals surface area contributed by atoms with Crippen molar-refractivity contribution in [1.82, 2.24) is 9.88 Å². The molecule has 1 amide bonds. The van der Waals surface area contributed by atoms with E-state index in [9.17, 15) is 4.79 Å². The largest absolute Gasteiger partial charge is 0.494 e. The first kappa shape index (κ1) is 24.4. The van der Waals surface area contributed by atoms with E-state index in [0.717, 1.165) is 33.7 Å². The zero-order valence-corrected chi connectivity index (χ0v) is 21.2. The van der Waals surface area contributed by atoms with E-state index in [4.69, 9.17) is 23.5 Å². The molecule has 0 atom stereocenters. The lowest BCUT2D eigenvalue weighted by molar-refractivity contribution is -0.123. The summed E-state index contributed by atoms with van der Waals surface area (Å²) in [4.78, 5) is 24.6. The number of amides is 1. The molecule has 0 N–H and O–H groups in total. The molecule has 0 spiro atoms. The zero-order chi connectivity index (χ0) is 25.2. The highest BCUT2D eigenvalue weighted by molar-refractivity contribution is 7.80. The minimum atomic E-state index is -0.762. The molecule has 1 aliphatic heterocycles. The molecule has 2 heterocycles. The van der Waals surface area contributed by atoms with Gasteiger partial charge >= 0.3 is 0 Å². The molecular formula is C28H28N4O2S. The topological polar surface area (TPSA) is 50.0 Å². The molecule has 1 fully saturated rings. The SMILES string of the molecule is [C-]#[N+]c1ccc(N2C(=O)C(C)(C)N(CCCOc3ccc(-c4ccncc4)cc3)C2=S)c(C)c1C. The molecular weight excluding hydrogens is 456 g/mol. The molecule has 6 nitrogen and oxygen atoms in total. The molecule has 35 heavy (non-hydrogen) atoms. The van der Waals surface area contributed by atoms with Gasteiger partial charge in [0, 0.05) is 18.9 Å². The van der Waals surface area contributed by atoms with Crippen molar-refractivity contribution in [3.63, 3.8) is 0 Å². The van der Waals surface area contributed by atoms with Gasteiger partial charge in [0.1, 0.15) is 11.3 Å². The van der Waals surface area contributed by atoms with Crippen molar-refractivity contribution in [3.8, 4) is 16.9 Å². The summed E-state index contributed by atoms with van der Waals surface area (Å²) in [5.74, 6) is 0.739.